The molecule has 0 atom stereocenters. The number of pyridine rings is 2. The van der Waals surface area contributed by atoms with Crippen molar-refractivity contribution >= 4 is 11.0 Å². The van der Waals surface area contributed by atoms with Crippen LogP contribution in [0.4, 0.5) is 4.39 Å². The fraction of sp³-hybridized carbons (Fsp3) is 0.222. The van der Waals surface area contributed by atoms with Gasteiger partial charge in [-0.15, -0.1) is 0 Å². The first kappa shape index (κ1) is 15.4. The molecule has 0 aliphatic rings. The van der Waals surface area contributed by atoms with Crippen LogP contribution in [0.2, 0.25) is 0 Å². The molecule has 0 amide bonds. The lowest BCUT2D eigenvalue weighted by Gasteiger charge is -2.08. The Morgan fingerprint density at radius 2 is 2.04 bits per heavy atom. The number of aromatic nitrogens is 6. The SMILES string of the molecule is CCc1cc2c(cn1)nc(Cn1ccnc1-c1cccc(F)n1)n2C. The fourth-order valence-electron chi connectivity index (χ4n) is 2.88. The standard InChI is InChI=1S/C18H17FN6/c1-3-12-9-15-14(10-21-12)23-17(24(15)2)11-25-8-7-20-18(25)13-5-4-6-16(19)22-13/h4-10H,3,11H2,1-2H3. The van der Waals surface area contributed by atoms with Crippen molar-refractivity contribution < 1.29 is 4.39 Å². The molecular formula is C18H17FN6. The van der Waals surface area contributed by atoms with E-state index in [0.29, 0.717) is 18.1 Å². The van der Waals surface area contributed by atoms with Crippen LogP contribution >= 0.6 is 0 Å². The van der Waals surface area contributed by atoms with E-state index in [0.717, 1.165) is 29.0 Å². The highest BCUT2D eigenvalue weighted by atomic mass is 19.1. The molecule has 4 aromatic heterocycles. The maximum Gasteiger partial charge on any atom is 0.213 e. The summed E-state index contributed by atoms with van der Waals surface area (Å²) in [5.74, 6) is 0.965. The minimum Gasteiger partial charge on any atom is -0.330 e. The van der Waals surface area contributed by atoms with Gasteiger partial charge in [0.2, 0.25) is 5.95 Å². The lowest BCUT2D eigenvalue weighted by atomic mass is 10.3. The van der Waals surface area contributed by atoms with Crippen molar-refractivity contribution in [1.29, 1.82) is 0 Å². The van der Waals surface area contributed by atoms with E-state index in [9.17, 15) is 4.39 Å². The summed E-state index contributed by atoms with van der Waals surface area (Å²) in [7, 11) is 1.99. The summed E-state index contributed by atoms with van der Waals surface area (Å²) in [5, 5.41) is 0. The summed E-state index contributed by atoms with van der Waals surface area (Å²) < 4.78 is 17.4. The van der Waals surface area contributed by atoms with Gasteiger partial charge in [0, 0.05) is 25.1 Å². The third kappa shape index (κ3) is 2.77. The van der Waals surface area contributed by atoms with E-state index in [1.165, 1.54) is 6.07 Å². The summed E-state index contributed by atoms with van der Waals surface area (Å²) in [6.45, 7) is 2.59. The van der Waals surface area contributed by atoms with Crippen LogP contribution in [-0.4, -0.2) is 29.1 Å². The van der Waals surface area contributed by atoms with Crippen LogP contribution in [0, 0.1) is 5.95 Å². The van der Waals surface area contributed by atoms with Crippen LogP contribution in [0.25, 0.3) is 22.6 Å². The second-order valence-corrected chi connectivity index (χ2v) is 5.83. The van der Waals surface area contributed by atoms with Gasteiger partial charge in [-0.1, -0.05) is 13.0 Å². The lowest BCUT2D eigenvalue weighted by Crippen LogP contribution is -2.07. The van der Waals surface area contributed by atoms with Gasteiger partial charge in [-0.2, -0.15) is 4.39 Å². The van der Waals surface area contributed by atoms with Crippen molar-refractivity contribution in [1.82, 2.24) is 29.1 Å². The molecule has 4 rings (SSSR count). The van der Waals surface area contributed by atoms with Crippen molar-refractivity contribution in [3.05, 3.63) is 60.3 Å². The van der Waals surface area contributed by atoms with Crippen molar-refractivity contribution in [2.45, 2.75) is 19.9 Å². The van der Waals surface area contributed by atoms with Crippen molar-refractivity contribution in [3.63, 3.8) is 0 Å². The van der Waals surface area contributed by atoms with E-state index in [4.69, 9.17) is 0 Å². The minimum absolute atomic E-state index is 0.499. The topological polar surface area (TPSA) is 61.4 Å². The second kappa shape index (κ2) is 6.08. The van der Waals surface area contributed by atoms with Gasteiger partial charge in [-0.3, -0.25) is 4.98 Å². The van der Waals surface area contributed by atoms with Crippen molar-refractivity contribution in [2.75, 3.05) is 0 Å². The van der Waals surface area contributed by atoms with Gasteiger partial charge in [0.15, 0.2) is 5.82 Å². The Balaban J connectivity index is 1.73. The molecule has 6 nitrogen and oxygen atoms in total. The van der Waals surface area contributed by atoms with Gasteiger partial charge in [-0.05, 0) is 24.6 Å². The van der Waals surface area contributed by atoms with E-state index < -0.39 is 5.95 Å². The van der Waals surface area contributed by atoms with Gasteiger partial charge < -0.3 is 9.13 Å². The monoisotopic (exact) mass is 336 g/mol. The highest BCUT2D eigenvalue weighted by molar-refractivity contribution is 5.75. The third-order valence-corrected chi connectivity index (χ3v) is 4.25. The zero-order valence-electron chi connectivity index (χ0n) is 14.0. The first-order valence-corrected chi connectivity index (χ1v) is 8.10. The lowest BCUT2D eigenvalue weighted by molar-refractivity contribution is 0.584. The number of aryl methyl sites for hydroxylation is 2. The molecule has 0 fully saturated rings. The molecule has 0 aromatic carbocycles. The van der Waals surface area contributed by atoms with Gasteiger partial charge >= 0.3 is 0 Å². The summed E-state index contributed by atoms with van der Waals surface area (Å²) >= 11 is 0. The smallest absolute Gasteiger partial charge is 0.213 e. The molecule has 7 heteroatoms. The van der Waals surface area contributed by atoms with Crippen LogP contribution < -0.4 is 0 Å². The fourth-order valence-corrected chi connectivity index (χ4v) is 2.88. The highest BCUT2D eigenvalue weighted by Gasteiger charge is 2.13. The number of nitrogens with zero attached hydrogens (tertiary/aromatic N) is 6. The van der Waals surface area contributed by atoms with Gasteiger partial charge in [0.1, 0.15) is 17.0 Å². The van der Waals surface area contributed by atoms with Crippen molar-refractivity contribution in [2.24, 2.45) is 7.05 Å². The van der Waals surface area contributed by atoms with Crippen LogP contribution in [-0.2, 0) is 20.0 Å². The zero-order valence-corrected chi connectivity index (χ0v) is 14.0. The maximum atomic E-state index is 13.4. The molecule has 4 aromatic rings. The minimum atomic E-state index is -0.520. The van der Waals surface area contributed by atoms with Crippen LogP contribution in [0.3, 0.4) is 0 Å². The summed E-state index contributed by atoms with van der Waals surface area (Å²) in [4.78, 5) is 17.3. The second-order valence-electron chi connectivity index (χ2n) is 5.83. The zero-order chi connectivity index (χ0) is 17.4. The number of imidazole rings is 2. The van der Waals surface area contributed by atoms with Gasteiger partial charge in [0.05, 0.1) is 18.3 Å². The Morgan fingerprint density at radius 3 is 2.84 bits per heavy atom. The Kier molecular flexibility index (Phi) is 3.76. The predicted molar refractivity (Wildman–Crippen MR) is 92.4 cm³/mol. The van der Waals surface area contributed by atoms with E-state index in [1.54, 1.807) is 24.5 Å². The molecule has 0 bridgehead atoms. The van der Waals surface area contributed by atoms with E-state index in [2.05, 4.69) is 37.5 Å². The quantitative estimate of drug-likeness (QED) is 0.538. The predicted octanol–water partition coefficient (Wildman–Crippen LogP) is 2.98. The van der Waals surface area contributed by atoms with E-state index in [-0.39, 0.29) is 0 Å². The Labute approximate surface area is 144 Å². The first-order chi connectivity index (χ1) is 12.2. The van der Waals surface area contributed by atoms with Crippen LogP contribution in [0.5, 0.6) is 0 Å². The molecule has 0 spiro atoms. The molecule has 0 saturated carbocycles. The normalized spacial score (nSPS) is 11.3. The summed E-state index contributed by atoms with van der Waals surface area (Å²) in [6, 6.07) is 6.76. The molecule has 0 saturated heterocycles. The number of fused-ring (bicyclic) bond motifs is 1. The summed E-state index contributed by atoms with van der Waals surface area (Å²) in [6.07, 6.45) is 6.21. The molecule has 0 aliphatic carbocycles. The molecule has 126 valence electrons. The van der Waals surface area contributed by atoms with Gasteiger partial charge in [-0.25, -0.2) is 15.0 Å². The molecule has 0 unspecified atom stereocenters. The molecule has 0 N–H and O–H groups in total. The average molecular weight is 336 g/mol. The molecule has 0 aliphatic heterocycles. The highest BCUT2D eigenvalue weighted by Crippen LogP contribution is 2.19. The number of hydrogen-bond acceptors (Lipinski definition) is 4. The van der Waals surface area contributed by atoms with Crippen molar-refractivity contribution in [3.8, 4) is 11.5 Å². The first-order valence-electron chi connectivity index (χ1n) is 8.10. The van der Waals surface area contributed by atoms with Gasteiger partial charge in [0.25, 0.3) is 0 Å². The Morgan fingerprint density at radius 1 is 1.16 bits per heavy atom. The number of hydrogen-bond donors (Lipinski definition) is 0. The Hall–Kier alpha value is -3.09. The Bertz CT molecular complexity index is 1050. The molecule has 4 heterocycles. The third-order valence-electron chi connectivity index (χ3n) is 4.25. The average Bonchev–Trinajstić information content (AvgIpc) is 3.20. The van der Waals surface area contributed by atoms with E-state index >= 15 is 0 Å². The number of rotatable bonds is 4. The van der Waals surface area contributed by atoms with Crippen LogP contribution in [0.1, 0.15) is 18.4 Å². The largest absolute Gasteiger partial charge is 0.330 e. The maximum absolute atomic E-state index is 13.4. The molecule has 25 heavy (non-hydrogen) atoms. The number of halogens is 1. The van der Waals surface area contributed by atoms with Crippen LogP contribution in [0.15, 0.2) is 42.9 Å². The molecule has 0 radical (unpaired) electrons. The summed E-state index contributed by atoms with van der Waals surface area (Å²) in [5.41, 5.74) is 3.45. The van der Waals surface area contributed by atoms with E-state index in [1.807, 2.05) is 17.8 Å². The molecular weight excluding hydrogens is 319 g/mol.